The number of unbranched alkanes of at least 4 members (excludes halogenated alkanes) is 1. The topological polar surface area (TPSA) is 63.4 Å². The third kappa shape index (κ3) is 3.57. The zero-order valence-corrected chi connectivity index (χ0v) is 12.7. The van der Waals surface area contributed by atoms with Crippen LogP contribution in [0, 0.1) is 0 Å². The molecule has 0 fully saturated rings. The van der Waals surface area contributed by atoms with Crippen LogP contribution in [0.2, 0.25) is 0 Å². The van der Waals surface area contributed by atoms with Crippen molar-refractivity contribution in [3.8, 4) is 0 Å². The van der Waals surface area contributed by atoms with Crippen LogP contribution in [-0.4, -0.2) is 26.3 Å². The first kappa shape index (κ1) is 15.2. The molecule has 0 heterocycles. The van der Waals surface area contributed by atoms with Crippen LogP contribution in [0.3, 0.4) is 0 Å². The van der Waals surface area contributed by atoms with Crippen LogP contribution in [0.15, 0.2) is 40.2 Å². The van der Waals surface area contributed by atoms with E-state index in [-0.39, 0.29) is 4.90 Å². The average molecular weight is 333 g/mol. The molecule has 6 heteroatoms. The number of hydrogen-bond acceptors (Lipinski definition) is 3. The fraction of sp³-hybridized carbons (Fsp3) is 0.333. The molecule has 0 amide bonds. The van der Waals surface area contributed by atoms with E-state index in [1.807, 2.05) is 0 Å². The van der Waals surface area contributed by atoms with Crippen LogP contribution >= 0.6 is 15.9 Å². The van der Waals surface area contributed by atoms with E-state index >= 15 is 0 Å². The van der Waals surface area contributed by atoms with Crippen molar-refractivity contribution in [2.75, 3.05) is 19.3 Å². The van der Waals surface area contributed by atoms with Gasteiger partial charge in [0.05, 0.1) is 4.90 Å². The molecule has 0 unspecified atom stereocenters. The maximum Gasteiger partial charge on any atom is 0.242 e. The van der Waals surface area contributed by atoms with Crippen LogP contribution in [-0.2, 0) is 10.0 Å². The minimum Gasteiger partial charge on any atom is -0.398 e. The van der Waals surface area contributed by atoms with Crippen LogP contribution in [0.1, 0.15) is 12.8 Å². The molecule has 1 rings (SSSR count). The molecule has 0 aromatic heterocycles. The second-order valence-corrected chi connectivity index (χ2v) is 6.84. The van der Waals surface area contributed by atoms with E-state index in [1.165, 1.54) is 16.4 Å². The highest BCUT2D eigenvalue weighted by molar-refractivity contribution is 9.10. The molecule has 0 spiro atoms. The summed E-state index contributed by atoms with van der Waals surface area (Å²) in [6.07, 6.45) is 3.33. The first-order valence-electron chi connectivity index (χ1n) is 5.52. The summed E-state index contributed by atoms with van der Waals surface area (Å²) in [7, 11) is -1.87. The summed E-state index contributed by atoms with van der Waals surface area (Å²) in [6, 6.07) is 4.61. The number of sulfonamides is 1. The van der Waals surface area contributed by atoms with Gasteiger partial charge < -0.3 is 5.73 Å². The minimum absolute atomic E-state index is 0.240. The molecule has 100 valence electrons. The highest BCUT2D eigenvalue weighted by atomic mass is 79.9. The molecular weight excluding hydrogens is 316 g/mol. The van der Waals surface area contributed by atoms with Crippen molar-refractivity contribution in [3.05, 3.63) is 35.3 Å². The lowest BCUT2D eigenvalue weighted by Crippen LogP contribution is -2.28. The molecule has 18 heavy (non-hydrogen) atoms. The normalized spacial score (nSPS) is 11.7. The maximum atomic E-state index is 12.2. The van der Waals surface area contributed by atoms with Gasteiger partial charge in [0.2, 0.25) is 10.0 Å². The summed E-state index contributed by atoms with van der Waals surface area (Å²) in [5, 5.41) is 0. The molecule has 0 aliphatic heterocycles. The maximum absolute atomic E-state index is 12.2. The molecule has 2 N–H and O–H groups in total. The number of allylic oxidation sites excluding steroid dienone is 1. The number of nitrogen functional groups attached to an aromatic ring is 1. The van der Waals surface area contributed by atoms with E-state index < -0.39 is 10.0 Å². The monoisotopic (exact) mass is 332 g/mol. The Balaban J connectivity index is 2.91. The smallest absolute Gasteiger partial charge is 0.242 e. The van der Waals surface area contributed by atoms with Gasteiger partial charge in [-0.15, -0.1) is 6.58 Å². The van der Waals surface area contributed by atoms with E-state index in [2.05, 4.69) is 22.5 Å². The minimum atomic E-state index is -3.45. The quantitative estimate of drug-likeness (QED) is 0.494. The standard InChI is InChI=1S/C12H17BrN2O2S/c1-3-4-5-8-15(2)18(16,17)10-6-7-12(14)11(13)9-10/h3,6-7,9H,1,4-5,8,14H2,2H3. The molecule has 0 saturated carbocycles. The van der Waals surface area contributed by atoms with E-state index in [0.29, 0.717) is 16.7 Å². The van der Waals surface area contributed by atoms with Crippen LogP contribution < -0.4 is 5.73 Å². The number of hydrogen-bond donors (Lipinski definition) is 1. The number of halogens is 1. The Morgan fingerprint density at radius 1 is 1.50 bits per heavy atom. The first-order chi connectivity index (χ1) is 8.39. The fourth-order valence-electron chi connectivity index (χ4n) is 1.43. The highest BCUT2D eigenvalue weighted by Crippen LogP contribution is 2.24. The Morgan fingerprint density at radius 3 is 2.72 bits per heavy atom. The Hall–Kier alpha value is -0.850. The predicted molar refractivity (Wildman–Crippen MR) is 77.8 cm³/mol. The summed E-state index contributed by atoms with van der Waals surface area (Å²) in [5.41, 5.74) is 6.16. The van der Waals surface area contributed by atoms with E-state index in [0.717, 1.165) is 12.8 Å². The van der Waals surface area contributed by atoms with Crippen LogP contribution in [0.4, 0.5) is 5.69 Å². The van der Waals surface area contributed by atoms with Gasteiger partial charge in [-0.2, -0.15) is 0 Å². The lowest BCUT2D eigenvalue weighted by molar-refractivity contribution is 0.463. The Labute approximate surface area is 117 Å². The van der Waals surface area contributed by atoms with Gasteiger partial charge in [-0.25, -0.2) is 12.7 Å². The zero-order valence-electron chi connectivity index (χ0n) is 10.3. The third-order valence-corrected chi connectivity index (χ3v) is 5.10. The summed E-state index contributed by atoms with van der Waals surface area (Å²) >= 11 is 3.23. The second kappa shape index (κ2) is 6.36. The first-order valence-corrected chi connectivity index (χ1v) is 7.75. The van der Waals surface area contributed by atoms with Crippen molar-refractivity contribution in [1.82, 2.24) is 4.31 Å². The van der Waals surface area contributed by atoms with Crippen LogP contribution in [0.5, 0.6) is 0 Å². The van der Waals surface area contributed by atoms with Crippen molar-refractivity contribution >= 4 is 31.6 Å². The molecule has 0 aliphatic rings. The molecule has 0 saturated heterocycles. The molecule has 0 aliphatic carbocycles. The number of benzene rings is 1. The molecular formula is C12H17BrN2O2S. The number of nitrogens with zero attached hydrogens (tertiary/aromatic N) is 1. The van der Waals surface area contributed by atoms with Crippen molar-refractivity contribution in [2.45, 2.75) is 17.7 Å². The highest BCUT2D eigenvalue weighted by Gasteiger charge is 2.20. The molecule has 0 radical (unpaired) electrons. The van der Waals surface area contributed by atoms with E-state index in [1.54, 1.807) is 19.2 Å². The summed E-state index contributed by atoms with van der Waals surface area (Å²) in [5.74, 6) is 0. The van der Waals surface area contributed by atoms with Gasteiger partial charge >= 0.3 is 0 Å². The van der Waals surface area contributed by atoms with Gasteiger partial charge in [0.15, 0.2) is 0 Å². The average Bonchev–Trinajstić information content (AvgIpc) is 2.32. The van der Waals surface area contributed by atoms with Crippen LogP contribution in [0.25, 0.3) is 0 Å². The molecule has 0 bridgehead atoms. The fourth-order valence-corrected chi connectivity index (χ4v) is 3.19. The number of rotatable bonds is 6. The zero-order chi connectivity index (χ0) is 13.8. The summed E-state index contributed by atoms with van der Waals surface area (Å²) in [4.78, 5) is 0.240. The molecule has 4 nitrogen and oxygen atoms in total. The van der Waals surface area contributed by atoms with Crippen molar-refractivity contribution in [2.24, 2.45) is 0 Å². The number of anilines is 1. The van der Waals surface area contributed by atoms with Crippen molar-refractivity contribution < 1.29 is 8.42 Å². The van der Waals surface area contributed by atoms with Gasteiger partial charge in [0.1, 0.15) is 0 Å². The lowest BCUT2D eigenvalue weighted by Gasteiger charge is -2.17. The second-order valence-electron chi connectivity index (χ2n) is 3.94. The molecule has 1 aromatic rings. The van der Waals surface area contributed by atoms with Gasteiger partial charge in [-0.3, -0.25) is 0 Å². The van der Waals surface area contributed by atoms with Gasteiger partial charge in [-0.05, 0) is 47.0 Å². The largest absolute Gasteiger partial charge is 0.398 e. The third-order valence-electron chi connectivity index (χ3n) is 2.56. The van der Waals surface area contributed by atoms with Gasteiger partial charge in [0, 0.05) is 23.8 Å². The van der Waals surface area contributed by atoms with Crippen molar-refractivity contribution in [3.63, 3.8) is 0 Å². The van der Waals surface area contributed by atoms with Crippen molar-refractivity contribution in [1.29, 1.82) is 0 Å². The SMILES string of the molecule is C=CCCCN(C)S(=O)(=O)c1ccc(N)c(Br)c1. The molecule has 1 aromatic carbocycles. The summed E-state index contributed by atoms with van der Waals surface area (Å²) < 4.78 is 26.4. The van der Waals surface area contributed by atoms with E-state index in [9.17, 15) is 8.42 Å². The molecule has 0 atom stereocenters. The van der Waals surface area contributed by atoms with Gasteiger partial charge in [-0.1, -0.05) is 6.08 Å². The van der Waals surface area contributed by atoms with Gasteiger partial charge in [0.25, 0.3) is 0 Å². The lowest BCUT2D eigenvalue weighted by atomic mass is 10.3. The van der Waals surface area contributed by atoms with E-state index in [4.69, 9.17) is 5.73 Å². The number of nitrogens with two attached hydrogens (primary N) is 1. The summed E-state index contributed by atoms with van der Waals surface area (Å²) in [6.45, 7) is 4.08. The predicted octanol–water partition coefficient (Wildman–Crippen LogP) is 2.62. The Kier molecular flexibility index (Phi) is 5.37. The Bertz CT molecular complexity index is 529. The Morgan fingerprint density at radius 2 is 2.17 bits per heavy atom.